The van der Waals surface area contributed by atoms with Crippen LogP contribution in [-0.4, -0.2) is 29.2 Å². The Labute approximate surface area is 148 Å². The third-order valence-electron chi connectivity index (χ3n) is 4.04. The molecule has 5 nitrogen and oxygen atoms in total. The van der Waals surface area contributed by atoms with Crippen molar-refractivity contribution in [2.75, 3.05) is 6.61 Å². The molecule has 0 spiro atoms. The van der Waals surface area contributed by atoms with Crippen molar-refractivity contribution in [1.29, 1.82) is 0 Å². The fourth-order valence-corrected chi connectivity index (χ4v) is 1.75. The molecule has 0 heterocycles. The van der Waals surface area contributed by atoms with Gasteiger partial charge in [-0.1, -0.05) is 34.6 Å². The van der Waals surface area contributed by atoms with Crippen LogP contribution >= 0.6 is 0 Å². The predicted octanol–water partition coefficient (Wildman–Crippen LogP) is 5.02. The molecule has 0 amide bonds. The standard InChI is InChI=1S/C19H40O5/c1-9-18(6,7)22-24-19(8,13-12-16(4)5)23-21-14-17(20)11-10-15(2)3/h15-17,20H,9-14H2,1-8H3. The minimum Gasteiger partial charge on any atom is -0.391 e. The van der Waals surface area contributed by atoms with Gasteiger partial charge in [-0.3, -0.25) is 0 Å². The number of hydrogen-bond acceptors (Lipinski definition) is 5. The number of rotatable bonds is 14. The minimum atomic E-state index is -0.992. The highest BCUT2D eigenvalue weighted by Gasteiger charge is 2.32. The molecule has 0 aliphatic rings. The van der Waals surface area contributed by atoms with E-state index >= 15 is 0 Å². The van der Waals surface area contributed by atoms with Gasteiger partial charge in [0.15, 0.2) is 0 Å². The van der Waals surface area contributed by atoms with Gasteiger partial charge >= 0.3 is 0 Å². The van der Waals surface area contributed by atoms with Crippen molar-refractivity contribution in [3.63, 3.8) is 0 Å². The lowest BCUT2D eigenvalue weighted by Crippen LogP contribution is -2.38. The zero-order valence-corrected chi connectivity index (χ0v) is 17.1. The molecule has 0 radical (unpaired) electrons. The first-order valence-electron chi connectivity index (χ1n) is 9.35. The first-order valence-corrected chi connectivity index (χ1v) is 9.35. The van der Waals surface area contributed by atoms with Crippen LogP contribution in [-0.2, 0) is 19.6 Å². The van der Waals surface area contributed by atoms with E-state index in [0.29, 0.717) is 24.7 Å². The van der Waals surface area contributed by atoms with E-state index in [1.54, 1.807) is 0 Å². The zero-order valence-electron chi connectivity index (χ0n) is 17.1. The van der Waals surface area contributed by atoms with Gasteiger partial charge in [-0.15, -0.1) is 0 Å². The molecule has 2 unspecified atom stereocenters. The highest BCUT2D eigenvalue weighted by molar-refractivity contribution is 4.65. The molecule has 5 heteroatoms. The second-order valence-corrected chi connectivity index (χ2v) is 8.34. The molecule has 0 fully saturated rings. The van der Waals surface area contributed by atoms with E-state index in [-0.39, 0.29) is 12.2 Å². The second kappa shape index (κ2) is 11.4. The van der Waals surface area contributed by atoms with Gasteiger partial charge in [0.2, 0.25) is 5.79 Å². The van der Waals surface area contributed by atoms with Gasteiger partial charge in [-0.25, -0.2) is 9.78 Å². The van der Waals surface area contributed by atoms with Crippen LogP contribution < -0.4 is 0 Å². The van der Waals surface area contributed by atoms with Crippen LogP contribution in [0.1, 0.15) is 87.5 Å². The maximum Gasteiger partial charge on any atom is 0.231 e. The Hall–Kier alpha value is -0.200. The molecule has 0 aromatic rings. The molecular weight excluding hydrogens is 308 g/mol. The normalized spacial score (nSPS) is 16.6. The van der Waals surface area contributed by atoms with Gasteiger partial charge in [0.05, 0.1) is 11.7 Å². The fourth-order valence-electron chi connectivity index (χ4n) is 1.75. The SMILES string of the molecule is CCC(C)(C)OOC(C)(CCC(C)C)OOCC(O)CCC(C)C. The highest BCUT2D eigenvalue weighted by Crippen LogP contribution is 2.26. The maximum atomic E-state index is 9.93. The Kier molecular flexibility index (Phi) is 11.3. The van der Waals surface area contributed by atoms with Crippen molar-refractivity contribution in [3.8, 4) is 0 Å². The number of hydrogen-bond donors (Lipinski definition) is 1. The summed E-state index contributed by atoms with van der Waals surface area (Å²) < 4.78 is 0. The van der Waals surface area contributed by atoms with Gasteiger partial charge in [0.1, 0.15) is 6.61 Å². The van der Waals surface area contributed by atoms with Crippen LogP contribution in [0.25, 0.3) is 0 Å². The van der Waals surface area contributed by atoms with Crippen LogP contribution in [0.3, 0.4) is 0 Å². The molecule has 0 aliphatic carbocycles. The summed E-state index contributed by atoms with van der Waals surface area (Å²) >= 11 is 0. The third-order valence-corrected chi connectivity index (χ3v) is 4.04. The Balaban J connectivity index is 4.43. The molecule has 146 valence electrons. The van der Waals surface area contributed by atoms with Gasteiger partial charge in [0.25, 0.3) is 0 Å². The van der Waals surface area contributed by atoms with Gasteiger partial charge in [-0.05, 0) is 58.3 Å². The molecular formula is C19H40O5. The minimum absolute atomic E-state index is 0.129. The lowest BCUT2D eigenvalue weighted by molar-refractivity contribution is -0.527. The summed E-state index contributed by atoms with van der Waals surface area (Å²) in [6.45, 7) is 16.5. The first kappa shape index (κ1) is 23.8. The molecule has 0 bridgehead atoms. The Morgan fingerprint density at radius 1 is 0.833 bits per heavy atom. The highest BCUT2D eigenvalue weighted by atomic mass is 17.3. The molecule has 0 saturated carbocycles. The molecule has 0 saturated heterocycles. The number of aliphatic hydroxyl groups is 1. The lowest BCUT2D eigenvalue weighted by atomic mass is 10.0. The third kappa shape index (κ3) is 12.2. The molecule has 1 N–H and O–H groups in total. The fraction of sp³-hybridized carbons (Fsp3) is 1.00. The second-order valence-electron chi connectivity index (χ2n) is 8.34. The Morgan fingerprint density at radius 2 is 1.42 bits per heavy atom. The van der Waals surface area contributed by atoms with Crippen LogP contribution in [0.2, 0.25) is 0 Å². The average Bonchev–Trinajstić information content (AvgIpc) is 2.49. The van der Waals surface area contributed by atoms with Crippen LogP contribution in [0.15, 0.2) is 0 Å². The van der Waals surface area contributed by atoms with Crippen molar-refractivity contribution in [2.45, 2.75) is 105 Å². The molecule has 24 heavy (non-hydrogen) atoms. The van der Waals surface area contributed by atoms with E-state index in [2.05, 4.69) is 27.7 Å². The first-order chi connectivity index (χ1) is 11.0. The molecule has 0 rings (SSSR count). The van der Waals surface area contributed by atoms with E-state index in [4.69, 9.17) is 19.6 Å². The summed E-state index contributed by atoms with van der Waals surface area (Å²) in [5.74, 6) is 0.0892. The van der Waals surface area contributed by atoms with Crippen LogP contribution in [0.4, 0.5) is 0 Å². The largest absolute Gasteiger partial charge is 0.391 e. The van der Waals surface area contributed by atoms with Crippen molar-refractivity contribution < 1.29 is 24.7 Å². The van der Waals surface area contributed by atoms with E-state index in [1.165, 1.54) is 0 Å². The quantitative estimate of drug-likeness (QED) is 0.271. The number of aliphatic hydroxyl groups excluding tert-OH is 1. The zero-order chi connectivity index (χ0) is 18.8. The van der Waals surface area contributed by atoms with E-state index < -0.39 is 11.9 Å². The summed E-state index contributed by atoms with van der Waals surface area (Å²) in [4.78, 5) is 21.9. The Morgan fingerprint density at radius 3 is 1.92 bits per heavy atom. The van der Waals surface area contributed by atoms with Gasteiger partial charge < -0.3 is 5.11 Å². The van der Waals surface area contributed by atoms with E-state index in [1.807, 2.05) is 27.7 Å². The summed E-state index contributed by atoms with van der Waals surface area (Å²) in [6, 6.07) is 0. The maximum absolute atomic E-state index is 9.93. The lowest BCUT2D eigenvalue weighted by Gasteiger charge is -2.32. The van der Waals surface area contributed by atoms with Crippen molar-refractivity contribution >= 4 is 0 Å². The molecule has 2 atom stereocenters. The molecule has 0 aromatic heterocycles. The topological polar surface area (TPSA) is 57.2 Å². The average molecular weight is 349 g/mol. The van der Waals surface area contributed by atoms with Crippen molar-refractivity contribution in [1.82, 2.24) is 0 Å². The Bertz CT molecular complexity index is 317. The van der Waals surface area contributed by atoms with Crippen molar-refractivity contribution in [2.24, 2.45) is 11.8 Å². The molecule has 0 aromatic carbocycles. The predicted molar refractivity (Wildman–Crippen MR) is 96.1 cm³/mol. The van der Waals surface area contributed by atoms with Crippen molar-refractivity contribution in [3.05, 3.63) is 0 Å². The van der Waals surface area contributed by atoms with Crippen LogP contribution in [0.5, 0.6) is 0 Å². The molecule has 0 aliphatic heterocycles. The monoisotopic (exact) mass is 348 g/mol. The summed E-state index contributed by atoms with van der Waals surface area (Å²) in [5, 5.41) is 9.93. The summed E-state index contributed by atoms with van der Waals surface area (Å²) in [7, 11) is 0. The van der Waals surface area contributed by atoms with E-state index in [9.17, 15) is 5.11 Å². The van der Waals surface area contributed by atoms with Gasteiger partial charge in [0, 0.05) is 6.42 Å². The van der Waals surface area contributed by atoms with Crippen LogP contribution in [0, 0.1) is 11.8 Å². The smallest absolute Gasteiger partial charge is 0.231 e. The van der Waals surface area contributed by atoms with Gasteiger partial charge in [-0.2, -0.15) is 9.78 Å². The van der Waals surface area contributed by atoms with E-state index in [0.717, 1.165) is 19.3 Å². The summed E-state index contributed by atoms with van der Waals surface area (Å²) in [6.07, 6.45) is 3.51. The summed E-state index contributed by atoms with van der Waals surface area (Å²) in [5.41, 5.74) is -0.390.